The van der Waals surface area contributed by atoms with Gasteiger partial charge in [0.15, 0.2) is 6.10 Å². The van der Waals surface area contributed by atoms with Crippen molar-refractivity contribution in [2.24, 2.45) is 0 Å². The van der Waals surface area contributed by atoms with Crippen molar-refractivity contribution < 1.29 is 25.2 Å². The highest BCUT2D eigenvalue weighted by Gasteiger charge is 2.15. The molecule has 0 aromatic rings. The second kappa shape index (κ2) is 16.2. The average Bonchev–Trinajstić information content (AvgIpc) is 2.56. The van der Waals surface area contributed by atoms with E-state index in [0.29, 0.717) is 6.42 Å². The van der Waals surface area contributed by atoms with E-state index < -0.39 is 12.1 Å². The SMILES string of the molecule is CCCCCCCCC(O)CCCCCCCC(O)C(=O)OO. The lowest BCUT2D eigenvalue weighted by Crippen LogP contribution is -2.21. The first-order chi connectivity index (χ1) is 11.1. The van der Waals surface area contributed by atoms with E-state index in [4.69, 9.17) is 5.26 Å². The lowest BCUT2D eigenvalue weighted by atomic mass is 10.0. The van der Waals surface area contributed by atoms with Gasteiger partial charge in [0.05, 0.1) is 6.10 Å². The van der Waals surface area contributed by atoms with Crippen LogP contribution < -0.4 is 0 Å². The van der Waals surface area contributed by atoms with Crippen LogP contribution in [0.5, 0.6) is 0 Å². The Morgan fingerprint density at radius 3 is 1.70 bits per heavy atom. The van der Waals surface area contributed by atoms with Crippen molar-refractivity contribution in [3.05, 3.63) is 0 Å². The van der Waals surface area contributed by atoms with Gasteiger partial charge in [-0.2, -0.15) is 5.26 Å². The molecule has 0 rings (SSSR count). The molecule has 2 atom stereocenters. The van der Waals surface area contributed by atoms with Crippen LogP contribution >= 0.6 is 0 Å². The second-order valence-electron chi connectivity index (χ2n) is 6.48. The van der Waals surface area contributed by atoms with Crippen molar-refractivity contribution in [1.82, 2.24) is 0 Å². The Morgan fingerprint density at radius 1 is 0.783 bits per heavy atom. The fraction of sp³-hybridized carbons (Fsp3) is 0.944. The molecular weight excluding hydrogens is 296 g/mol. The lowest BCUT2D eigenvalue weighted by molar-refractivity contribution is -0.242. The predicted octanol–water partition coefficient (Wildman–Crippen LogP) is 4.21. The summed E-state index contributed by atoms with van der Waals surface area (Å²) in [7, 11) is 0. The lowest BCUT2D eigenvalue weighted by Gasteiger charge is -2.10. The van der Waals surface area contributed by atoms with Gasteiger partial charge in [-0.25, -0.2) is 4.79 Å². The number of aliphatic hydroxyl groups is 2. The number of hydrogen-bond acceptors (Lipinski definition) is 5. The van der Waals surface area contributed by atoms with E-state index in [9.17, 15) is 15.0 Å². The predicted molar refractivity (Wildman–Crippen MR) is 91.0 cm³/mol. The zero-order valence-corrected chi connectivity index (χ0v) is 14.7. The van der Waals surface area contributed by atoms with E-state index >= 15 is 0 Å². The third kappa shape index (κ3) is 14.7. The molecule has 5 heteroatoms. The molecule has 0 saturated heterocycles. The molecule has 0 radical (unpaired) electrons. The molecule has 0 aromatic heterocycles. The maximum absolute atomic E-state index is 10.8. The Labute approximate surface area is 141 Å². The van der Waals surface area contributed by atoms with Gasteiger partial charge < -0.3 is 10.2 Å². The quantitative estimate of drug-likeness (QED) is 0.224. The van der Waals surface area contributed by atoms with E-state index in [-0.39, 0.29) is 6.10 Å². The van der Waals surface area contributed by atoms with Gasteiger partial charge in [0, 0.05) is 0 Å². The van der Waals surface area contributed by atoms with Gasteiger partial charge in [0.1, 0.15) is 0 Å². The van der Waals surface area contributed by atoms with Crippen molar-refractivity contribution in [3.63, 3.8) is 0 Å². The second-order valence-corrected chi connectivity index (χ2v) is 6.48. The Kier molecular flexibility index (Phi) is 15.8. The Bertz CT molecular complexity index is 270. The molecule has 0 amide bonds. The molecule has 138 valence electrons. The van der Waals surface area contributed by atoms with Crippen molar-refractivity contribution in [2.75, 3.05) is 0 Å². The number of hydrogen-bond donors (Lipinski definition) is 3. The minimum atomic E-state index is -1.22. The van der Waals surface area contributed by atoms with Gasteiger partial charge in [-0.3, -0.25) is 4.89 Å². The first kappa shape index (κ1) is 22.4. The molecule has 0 aliphatic rings. The van der Waals surface area contributed by atoms with Crippen molar-refractivity contribution in [1.29, 1.82) is 0 Å². The molecule has 0 fully saturated rings. The maximum atomic E-state index is 10.8. The first-order valence-electron chi connectivity index (χ1n) is 9.33. The summed E-state index contributed by atoms with van der Waals surface area (Å²) >= 11 is 0. The molecule has 0 spiro atoms. The van der Waals surface area contributed by atoms with Crippen molar-refractivity contribution in [3.8, 4) is 0 Å². The molecular formula is C18H36O5. The molecule has 0 aliphatic carbocycles. The molecule has 23 heavy (non-hydrogen) atoms. The van der Waals surface area contributed by atoms with E-state index in [1.807, 2.05) is 0 Å². The highest BCUT2D eigenvalue weighted by molar-refractivity contribution is 5.73. The van der Waals surface area contributed by atoms with Crippen LogP contribution in [0.4, 0.5) is 0 Å². The summed E-state index contributed by atoms with van der Waals surface area (Å²) < 4.78 is 0. The molecule has 0 saturated carbocycles. The Balaban J connectivity index is 3.29. The topological polar surface area (TPSA) is 87.0 Å². The number of carbonyl (C=O) groups is 1. The summed E-state index contributed by atoms with van der Waals surface area (Å²) in [6.45, 7) is 2.22. The van der Waals surface area contributed by atoms with Gasteiger partial charge >= 0.3 is 5.97 Å². The molecule has 2 unspecified atom stereocenters. The maximum Gasteiger partial charge on any atom is 0.370 e. The fourth-order valence-corrected chi connectivity index (χ4v) is 2.73. The third-order valence-electron chi connectivity index (χ3n) is 4.27. The zero-order chi connectivity index (χ0) is 17.3. The zero-order valence-electron chi connectivity index (χ0n) is 14.7. The van der Waals surface area contributed by atoms with E-state index in [2.05, 4.69) is 11.8 Å². The third-order valence-corrected chi connectivity index (χ3v) is 4.27. The van der Waals surface area contributed by atoms with Gasteiger partial charge in [-0.05, 0) is 19.3 Å². The van der Waals surface area contributed by atoms with Gasteiger partial charge in [0.25, 0.3) is 0 Å². The molecule has 5 nitrogen and oxygen atoms in total. The molecule has 0 aromatic carbocycles. The summed E-state index contributed by atoms with van der Waals surface area (Å²) in [6.07, 6.45) is 13.1. The standard InChI is InChI=1S/C18H36O5/c1-2-3-4-5-7-10-13-16(19)14-11-8-6-9-12-15-17(20)18(21)23-22/h16-17,19-20,22H,2-15H2,1H3. The summed E-state index contributed by atoms with van der Waals surface area (Å²) in [5.74, 6) is -0.984. The van der Waals surface area contributed by atoms with Crippen molar-refractivity contribution >= 4 is 5.97 Å². The van der Waals surface area contributed by atoms with E-state index in [0.717, 1.165) is 51.4 Å². The van der Waals surface area contributed by atoms with Crippen LogP contribution in [0, 0.1) is 0 Å². The number of aliphatic hydroxyl groups excluding tert-OH is 2. The summed E-state index contributed by atoms with van der Waals surface area (Å²) in [5.41, 5.74) is 0. The van der Waals surface area contributed by atoms with Gasteiger partial charge in [-0.15, -0.1) is 0 Å². The minimum absolute atomic E-state index is 0.165. The highest BCUT2D eigenvalue weighted by Crippen LogP contribution is 2.14. The summed E-state index contributed by atoms with van der Waals surface area (Å²) in [5, 5.41) is 27.3. The smallest absolute Gasteiger partial charge is 0.370 e. The van der Waals surface area contributed by atoms with Crippen LogP contribution in [-0.2, 0) is 9.68 Å². The van der Waals surface area contributed by atoms with Gasteiger partial charge in [-0.1, -0.05) is 77.6 Å². The monoisotopic (exact) mass is 332 g/mol. The number of carbonyl (C=O) groups excluding carboxylic acids is 1. The molecule has 0 aliphatic heterocycles. The van der Waals surface area contributed by atoms with Gasteiger partial charge in [0.2, 0.25) is 0 Å². The number of unbranched alkanes of at least 4 members (excludes halogenated alkanes) is 9. The summed E-state index contributed by atoms with van der Waals surface area (Å²) in [6, 6.07) is 0. The largest absolute Gasteiger partial charge is 0.393 e. The van der Waals surface area contributed by atoms with Crippen LogP contribution in [0.15, 0.2) is 0 Å². The van der Waals surface area contributed by atoms with E-state index in [1.54, 1.807) is 0 Å². The Hall–Kier alpha value is -0.650. The fourth-order valence-electron chi connectivity index (χ4n) is 2.73. The van der Waals surface area contributed by atoms with Crippen LogP contribution in [0.1, 0.15) is 96.8 Å². The van der Waals surface area contributed by atoms with Crippen LogP contribution in [0.3, 0.4) is 0 Å². The normalized spacial score (nSPS) is 13.7. The Morgan fingerprint density at radius 2 is 1.22 bits per heavy atom. The van der Waals surface area contributed by atoms with Crippen LogP contribution in [0.2, 0.25) is 0 Å². The summed E-state index contributed by atoms with van der Waals surface area (Å²) in [4.78, 5) is 14.2. The number of rotatable bonds is 16. The first-order valence-corrected chi connectivity index (χ1v) is 9.33. The molecule has 0 heterocycles. The van der Waals surface area contributed by atoms with E-state index in [1.165, 1.54) is 32.1 Å². The van der Waals surface area contributed by atoms with Crippen molar-refractivity contribution in [2.45, 2.75) is 109 Å². The average molecular weight is 332 g/mol. The van der Waals surface area contributed by atoms with Crippen LogP contribution in [-0.4, -0.2) is 33.6 Å². The van der Waals surface area contributed by atoms with Crippen LogP contribution in [0.25, 0.3) is 0 Å². The minimum Gasteiger partial charge on any atom is -0.393 e. The molecule has 3 N–H and O–H groups in total. The molecule has 0 bridgehead atoms. The highest BCUT2D eigenvalue weighted by atomic mass is 17.1.